The number of aliphatic hydroxyl groups is 1. The van der Waals surface area contributed by atoms with Gasteiger partial charge in [-0.3, -0.25) is 4.68 Å². The lowest BCUT2D eigenvalue weighted by Gasteiger charge is -2.09. The fourth-order valence-electron chi connectivity index (χ4n) is 1.90. The van der Waals surface area contributed by atoms with E-state index in [9.17, 15) is 5.11 Å². The van der Waals surface area contributed by atoms with Gasteiger partial charge in [-0.05, 0) is 24.6 Å². The Kier molecular flexibility index (Phi) is 3.50. The van der Waals surface area contributed by atoms with Crippen LogP contribution in [-0.2, 0) is 13.5 Å². The molecule has 0 amide bonds. The molecule has 0 saturated heterocycles. The summed E-state index contributed by atoms with van der Waals surface area (Å²) in [6, 6.07) is 7.52. The van der Waals surface area contributed by atoms with Crippen molar-refractivity contribution < 1.29 is 5.11 Å². The highest BCUT2D eigenvalue weighted by Gasteiger charge is 2.13. The Hall–Kier alpha value is -1.32. The molecule has 1 aromatic heterocycles. The zero-order valence-electron chi connectivity index (χ0n) is 9.89. The van der Waals surface area contributed by atoms with Gasteiger partial charge >= 0.3 is 0 Å². The predicted octanol–water partition coefficient (Wildman–Crippen LogP) is 2.66. The highest BCUT2D eigenvalue weighted by Crippen LogP contribution is 2.21. The van der Waals surface area contributed by atoms with Crippen molar-refractivity contribution in [2.75, 3.05) is 0 Å². The van der Waals surface area contributed by atoms with Crippen LogP contribution in [0.2, 0.25) is 5.02 Å². The Balaban J connectivity index is 2.14. The molecule has 4 heteroatoms. The zero-order valence-corrected chi connectivity index (χ0v) is 10.6. The third kappa shape index (κ3) is 2.87. The van der Waals surface area contributed by atoms with E-state index in [-0.39, 0.29) is 0 Å². The second kappa shape index (κ2) is 4.90. The number of hydrogen-bond donors (Lipinski definition) is 1. The molecule has 0 aliphatic rings. The van der Waals surface area contributed by atoms with Gasteiger partial charge in [0.25, 0.3) is 0 Å². The van der Waals surface area contributed by atoms with Crippen molar-refractivity contribution in [3.63, 3.8) is 0 Å². The van der Waals surface area contributed by atoms with E-state index in [0.29, 0.717) is 11.4 Å². The van der Waals surface area contributed by atoms with Crippen LogP contribution in [0, 0.1) is 6.92 Å². The van der Waals surface area contributed by atoms with E-state index in [0.717, 1.165) is 16.8 Å². The van der Waals surface area contributed by atoms with Crippen molar-refractivity contribution in [2.24, 2.45) is 7.05 Å². The number of aromatic nitrogens is 2. The predicted molar refractivity (Wildman–Crippen MR) is 68.1 cm³/mol. The van der Waals surface area contributed by atoms with E-state index in [2.05, 4.69) is 5.10 Å². The third-order valence-corrected chi connectivity index (χ3v) is 3.00. The molecular formula is C13H15ClN2O. The van der Waals surface area contributed by atoms with Gasteiger partial charge in [0.15, 0.2) is 0 Å². The van der Waals surface area contributed by atoms with Crippen LogP contribution >= 0.6 is 11.6 Å². The molecule has 0 saturated carbocycles. The van der Waals surface area contributed by atoms with Gasteiger partial charge in [0.2, 0.25) is 0 Å². The smallest absolute Gasteiger partial charge is 0.0863 e. The number of aryl methyl sites for hydroxylation is 2. The van der Waals surface area contributed by atoms with Crippen LogP contribution in [0.5, 0.6) is 0 Å². The summed E-state index contributed by atoms with van der Waals surface area (Å²) in [5.41, 5.74) is 2.81. The Morgan fingerprint density at radius 1 is 1.35 bits per heavy atom. The Labute approximate surface area is 106 Å². The Bertz CT molecular complexity index is 505. The summed E-state index contributed by atoms with van der Waals surface area (Å²) in [7, 11) is 1.85. The molecular weight excluding hydrogens is 236 g/mol. The van der Waals surface area contributed by atoms with Gasteiger partial charge in [-0.1, -0.05) is 23.7 Å². The number of halogens is 1. The van der Waals surface area contributed by atoms with Gasteiger partial charge in [-0.25, -0.2) is 0 Å². The first-order valence-corrected chi connectivity index (χ1v) is 5.86. The average Bonchev–Trinajstić information content (AvgIpc) is 2.61. The minimum atomic E-state index is -0.523. The summed E-state index contributed by atoms with van der Waals surface area (Å²) < 4.78 is 1.72. The summed E-state index contributed by atoms with van der Waals surface area (Å²) in [5, 5.41) is 15.1. The lowest BCUT2D eigenvalue weighted by atomic mass is 10.0. The maximum Gasteiger partial charge on any atom is 0.0863 e. The zero-order chi connectivity index (χ0) is 12.4. The largest absolute Gasteiger partial charge is 0.388 e. The van der Waals surface area contributed by atoms with Gasteiger partial charge in [0.05, 0.1) is 11.8 Å². The topological polar surface area (TPSA) is 38.0 Å². The molecule has 0 aliphatic heterocycles. The molecule has 0 bridgehead atoms. The molecule has 0 spiro atoms. The van der Waals surface area contributed by atoms with Crippen molar-refractivity contribution in [1.29, 1.82) is 0 Å². The van der Waals surface area contributed by atoms with Gasteiger partial charge < -0.3 is 5.11 Å². The van der Waals surface area contributed by atoms with Crippen molar-refractivity contribution >= 4 is 11.6 Å². The highest BCUT2D eigenvalue weighted by atomic mass is 35.5. The van der Waals surface area contributed by atoms with Gasteiger partial charge in [-0.2, -0.15) is 5.10 Å². The first-order chi connectivity index (χ1) is 8.06. The molecule has 17 heavy (non-hydrogen) atoms. The normalized spacial score (nSPS) is 12.7. The molecule has 1 unspecified atom stereocenters. The minimum Gasteiger partial charge on any atom is -0.388 e. The van der Waals surface area contributed by atoms with E-state index in [1.165, 1.54) is 0 Å². The molecule has 1 aromatic carbocycles. The molecule has 2 rings (SSSR count). The van der Waals surface area contributed by atoms with Crippen LogP contribution in [0.3, 0.4) is 0 Å². The first-order valence-electron chi connectivity index (χ1n) is 5.49. The van der Waals surface area contributed by atoms with Crippen molar-refractivity contribution in [1.82, 2.24) is 9.78 Å². The van der Waals surface area contributed by atoms with E-state index >= 15 is 0 Å². The molecule has 1 atom stereocenters. The fourth-order valence-corrected chi connectivity index (χ4v) is 2.02. The minimum absolute atomic E-state index is 0.523. The molecule has 1 N–H and O–H groups in total. The van der Waals surface area contributed by atoms with E-state index in [1.54, 1.807) is 4.68 Å². The second-order valence-electron chi connectivity index (χ2n) is 4.19. The molecule has 1 heterocycles. The van der Waals surface area contributed by atoms with E-state index in [4.69, 9.17) is 11.6 Å². The van der Waals surface area contributed by atoms with Crippen LogP contribution in [0.4, 0.5) is 0 Å². The lowest BCUT2D eigenvalue weighted by molar-refractivity contribution is 0.177. The molecule has 0 radical (unpaired) electrons. The van der Waals surface area contributed by atoms with Crippen molar-refractivity contribution in [2.45, 2.75) is 19.4 Å². The standard InChI is InChI=1S/C13H15ClN2O/c1-9-12(8-16(2)15-9)13(17)7-10-3-5-11(14)6-4-10/h3-6,8,13,17H,7H2,1-2H3. The van der Waals surface area contributed by atoms with Crippen LogP contribution in [0.1, 0.15) is 22.9 Å². The number of nitrogens with zero attached hydrogens (tertiary/aromatic N) is 2. The summed E-state index contributed by atoms with van der Waals surface area (Å²) in [4.78, 5) is 0. The van der Waals surface area contributed by atoms with Crippen LogP contribution in [0.15, 0.2) is 30.5 Å². The van der Waals surface area contributed by atoms with Crippen LogP contribution in [-0.4, -0.2) is 14.9 Å². The van der Waals surface area contributed by atoms with Crippen molar-refractivity contribution in [3.8, 4) is 0 Å². The van der Waals surface area contributed by atoms with Gasteiger partial charge in [0, 0.05) is 30.3 Å². The van der Waals surface area contributed by atoms with E-state index in [1.807, 2.05) is 44.4 Å². The monoisotopic (exact) mass is 250 g/mol. The Morgan fingerprint density at radius 3 is 2.53 bits per heavy atom. The molecule has 2 aromatic rings. The van der Waals surface area contributed by atoms with E-state index < -0.39 is 6.10 Å². The number of benzene rings is 1. The number of aliphatic hydroxyl groups excluding tert-OH is 1. The summed E-state index contributed by atoms with van der Waals surface area (Å²) in [6.07, 6.45) is 1.91. The molecule has 0 fully saturated rings. The number of hydrogen-bond acceptors (Lipinski definition) is 2. The first kappa shape index (κ1) is 12.1. The molecule has 0 aliphatic carbocycles. The van der Waals surface area contributed by atoms with Gasteiger partial charge in [-0.15, -0.1) is 0 Å². The SMILES string of the molecule is Cc1nn(C)cc1C(O)Cc1ccc(Cl)cc1. The Morgan fingerprint density at radius 2 is 2.00 bits per heavy atom. The molecule has 90 valence electrons. The summed E-state index contributed by atoms with van der Waals surface area (Å²) in [5.74, 6) is 0. The maximum atomic E-state index is 10.2. The number of rotatable bonds is 3. The third-order valence-electron chi connectivity index (χ3n) is 2.75. The summed E-state index contributed by atoms with van der Waals surface area (Å²) in [6.45, 7) is 1.90. The van der Waals surface area contributed by atoms with Crippen LogP contribution in [0.25, 0.3) is 0 Å². The molecule has 3 nitrogen and oxygen atoms in total. The average molecular weight is 251 g/mol. The van der Waals surface area contributed by atoms with Gasteiger partial charge in [0.1, 0.15) is 0 Å². The maximum absolute atomic E-state index is 10.2. The van der Waals surface area contributed by atoms with Crippen LogP contribution < -0.4 is 0 Å². The summed E-state index contributed by atoms with van der Waals surface area (Å²) >= 11 is 5.82. The highest BCUT2D eigenvalue weighted by molar-refractivity contribution is 6.30. The fraction of sp³-hybridized carbons (Fsp3) is 0.308. The second-order valence-corrected chi connectivity index (χ2v) is 4.63. The quantitative estimate of drug-likeness (QED) is 0.910. The lowest BCUT2D eigenvalue weighted by Crippen LogP contribution is -2.02. The van der Waals surface area contributed by atoms with Crippen molar-refractivity contribution in [3.05, 3.63) is 52.3 Å².